The summed E-state index contributed by atoms with van der Waals surface area (Å²) in [5.41, 5.74) is 2.54. The Balaban J connectivity index is 1.26. The zero-order valence-corrected chi connectivity index (χ0v) is 26.2. The Hall–Kier alpha value is -3.71. The van der Waals surface area contributed by atoms with Crippen LogP contribution in [0.25, 0.3) is 22.2 Å². The minimum Gasteiger partial charge on any atom is -0.487 e. The molecule has 0 aliphatic rings. The van der Waals surface area contributed by atoms with Gasteiger partial charge in [0.2, 0.25) is 0 Å². The van der Waals surface area contributed by atoms with Crippen molar-refractivity contribution in [1.29, 1.82) is 0 Å². The lowest BCUT2D eigenvalue weighted by molar-refractivity contribution is 0.306. The third-order valence-corrected chi connectivity index (χ3v) is 9.71. The van der Waals surface area contributed by atoms with Gasteiger partial charge in [-0.05, 0) is 48.4 Å². The van der Waals surface area contributed by atoms with Crippen molar-refractivity contribution in [3.05, 3.63) is 93.5 Å². The molecular formula is C31H30ClF2N5O3S2. The zero-order chi connectivity index (χ0) is 31.1. The van der Waals surface area contributed by atoms with E-state index in [4.69, 9.17) is 16.3 Å². The summed E-state index contributed by atoms with van der Waals surface area (Å²) in [6, 6.07) is 14.3. The zero-order valence-electron chi connectivity index (χ0n) is 23.8. The standard InChI is InChI=1S/C31H30ClF2N5O3S2/c1-2-11-44(40,41)12-10-35-9-8-30-39-28(18-43-30)23-15-24-27(16-26(23)34)36-19-37-31(24)38-22-6-7-29(25(32)14-22)42-17-20-4-3-5-21(33)13-20/h3-7,13-16,18-19,35H,2,8-12,17H2,1H3,(H,36,37,38). The third kappa shape index (κ3) is 8.26. The number of nitrogens with zero attached hydrogens (tertiary/aromatic N) is 3. The molecule has 230 valence electrons. The smallest absolute Gasteiger partial charge is 0.151 e. The average molecular weight is 658 g/mol. The number of anilines is 2. The van der Waals surface area contributed by atoms with Crippen LogP contribution in [0.1, 0.15) is 23.9 Å². The third-order valence-electron chi connectivity index (χ3n) is 6.65. The van der Waals surface area contributed by atoms with Crippen molar-refractivity contribution in [2.24, 2.45) is 0 Å². The molecule has 44 heavy (non-hydrogen) atoms. The van der Waals surface area contributed by atoms with Gasteiger partial charge in [0.1, 0.15) is 36.1 Å². The molecule has 0 bridgehead atoms. The first-order valence-corrected chi connectivity index (χ1v) is 17.0. The molecule has 0 atom stereocenters. The second kappa shape index (κ2) is 14.4. The van der Waals surface area contributed by atoms with Crippen molar-refractivity contribution in [2.75, 3.05) is 29.9 Å². The molecule has 0 amide bonds. The molecule has 3 aromatic carbocycles. The number of thiazole rings is 1. The minimum absolute atomic E-state index is 0.103. The summed E-state index contributed by atoms with van der Waals surface area (Å²) >= 11 is 7.88. The Morgan fingerprint density at radius 2 is 1.89 bits per heavy atom. The molecule has 5 aromatic rings. The van der Waals surface area contributed by atoms with Crippen LogP contribution in [-0.4, -0.2) is 48.0 Å². The Labute approximate surface area is 263 Å². The van der Waals surface area contributed by atoms with Crippen LogP contribution < -0.4 is 15.4 Å². The summed E-state index contributed by atoms with van der Waals surface area (Å²) in [5.74, 6) is 0.395. The highest BCUT2D eigenvalue weighted by atomic mass is 35.5. The van der Waals surface area contributed by atoms with Crippen LogP contribution in [0, 0.1) is 11.6 Å². The van der Waals surface area contributed by atoms with Crippen molar-refractivity contribution < 1.29 is 21.9 Å². The number of halogens is 3. The van der Waals surface area contributed by atoms with Crippen LogP contribution in [0.2, 0.25) is 5.02 Å². The second-order valence-electron chi connectivity index (χ2n) is 10.0. The number of rotatable bonds is 14. The highest BCUT2D eigenvalue weighted by Crippen LogP contribution is 2.34. The minimum atomic E-state index is -3.03. The fourth-order valence-electron chi connectivity index (χ4n) is 4.50. The molecular weight excluding hydrogens is 628 g/mol. The Morgan fingerprint density at radius 1 is 1.02 bits per heavy atom. The number of benzene rings is 3. The molecule has 0 radical (unpaired) electrons. The first kappa shape index (κ1) is 31.7. The lowest BCUT2D eigenvalue weighted by Crippen LogP contribution is -2.26. The maximum absolute atomic E-state index is 15.2. The molecule has 0 aliphatic heterocycles. The molecule has 2 N–H and O–H groups in total. The summed E-state index contributed by atoms with van der Waals surface area (Å²) in [4.78, 5) is 13.2. The Morgan fingerprint density at radius 3 is 2.68 bits per heavy atom. The fraction of sp³-hybridized carbons (Fsp3) is 0.258. The molecule has 8 nitrogen and oxygen atoms in total. The number of aromatic nitrogens is 3. The van der Waals surface area contributed by atoms with Gasteiger partial charge in [-0.3, -0.25) is 0 Å². The molecule has 0 fully saturated rings. The van der Waals surface area contributed by atoms with Crippen molar-refractivity contribution in [3.63, 3.8) is 0 Å². The van der Waals surface area contributed by atoms with E-state index in [0.717, 1.165) is 5.01 Å². The number of nitrogens with one attached hydrogen (secondary N) is 2. The summed E-state index contributed by atoms with van der Waals surface area (Å²) in [5, 5.41) is 9.92. The van der Waals surface area contributed by atoms with Gasteiger partial charge in [-0.1, -0.05) is 30.7 Å². The number of sulfone groups is 1. The number of hydrogen-bond donors (Lipinski definition) is 2. The summed E-state index contributed by atoms with van der Waals surface area (Å²) in [6.07, 6.45) is 2.55. The summed E-state index contributed by atoms with van der Waals surface area (Å²) in [7, 11) is -3.03. The Kier molecular flexibility index (Phi) is 10.4. The van der Waals surface area contributed by atoms with Gasteiger partial charge in [-0.25, -0.2) is 32.2 Å². The van der Waals surface area contributed by atoms with Gasteiger partial charge >= 0.3 is 0 Å². The maximum atomic E-state index is 15.2. The van der Waals surface area contributed by atoms with Crippen LogP contribution in [0.4, 0.5) is 20.3 Å². The summed E-state index contributed by atoms with van der Waals surface area (Å²) in [6.45, 7) is 2.95. The van der Waals surface area contributed by atoms with Crippen molar-refractivity contribution in [1.82, 2.24) is 20.3 Å². The van der Waals surface area contributed by atoms with Gasteiger partial charge in [-0.2, -0.15) is 0 Å². The monoisotopic (exact) mass is 657 g/mol. The van der Waals surface area contributed by atoms with E-state index in [0.29, 0.717) is 75.9 Å². The van der Waals surface area contributed by atoms with Gasteiger partial charge in [0.25, 0.3) is 0 Å². The van der Waals surface area contributed by atoms with E-state index in [2.05, 4.69) is 25.6 Å². The van der Waals surface area contributed by atoms with E-state index in [1.54, 1.807) is 41.8 Å². The van der Waals surface area contributed by atoms with Crippen molar-refractivity contribution in [2.45, 2.75) is 26.4 Å². The van der Waals surface area contributed by atoms with Crippen LogP contribution >= 0.6 is 22.9 Å². The lowest BCUT2D eigenvalue weighted by Gasteiger charge is -2.12. The second-order valence-corrected chi connectivity index (χ2v) is 13.7. The van der Waals surface area contributed by atoms with E-state index < -0.39 is 15.7 Å². The molecule has 2 aromatic heterocycles. The van der Waals surface area contributed by atoms with Crippen LogP contribution in [0.15, 0.2) is 66.3 Å². The highest BCUT2D eigenvalue weighted by Gasteiger charge is 2.15. The van der Waals surface area contributed by atoms with E-state index in [-0.39, 0.29) is 23.9 Å². The number of hydrogen-bond acceptors (Lipinski definition) is 9. The highest BCUT2D eigenvalue weighted by molar-refractivity contribution is 7.91. The topological polar surface area (TPSA) is 106 Å². The first-order chi connectivity index (χ1) is 21.2. The molecule has 0 saturated heterocycles. The lowest BCUT2D eigenvalue weighted by atomic mass is 10.1. The van der Waals surface area contributed by atoms with E-state index in [9.17, 15) is 12.8 Å². The van der Waals surface area contributed by atoms with Crippen LogP contribution in [-0.2, 0) is 22.9 Å². The first-order valence-electron chi connectivity index (χ1n) is 13.9. The predicted molar refractivity (Wildman–Crippen MR) is 172 cm³/mol. The molecule has 13 heteroatoms. The van der Waals surface area contributed by atoms with Gasteiger partial charge < -0.3 is 15.4 Å². The Bertz CT molecular complexity index is 1870. The largest absolute Gasteiger partial charge is 0.487 e. The molecule has 0 unspecified atom stereocenters. The van der Waals surface area contributed by atoms with E-state index in [1.807, 2.05) is 6.92 Å². The van der Waals surface area contributed by atoms with Gasteiger partial charge in [0, 0.05) is 53.3 Å². The molecule has 2 heterocycles. The average Bonchev–Trinajstić information content (AvgIpc) is 3.45. The van der Waals surface area contributed by atoms with Crippen molar-refractivity contribution in [3.8, 4) is 17.0 Å². The SMILES string of the molecule is CCCS(=O)(=O)CCNCCc1nc(-c2cc3c(Nc4ccc(OCc5cccc(F)c5)c(Cl)c4)ncnc3cc2F)cs1. The van der Waals surface area contributed by atoms with E-state index in [1.165, 1.54) is 35.9 Å². The number of ether oxygens (including phenoxy) is 1. The van der Waals surface area contributed by atoms with Crippen molar-refractivity contribution >= 4 is 55.2 Å². The number of fused-ring (bicyclic) bond motifs is 1. The van der Waals surface area contributed by atoms with E-state index >= 15 is 4.39 Å². The van der Waals surface area contributed by atoms with Crippen LogP contribution in [0.5, 0.6) is 5.75 Å². The molecule has 0 spiro atoms. The van der Waals surface area contributed by atoms with Gasteiger partial charge in [0.15, 0.2) is 9.84 Å². The van der Waals surface area contributed by atoms with Gasteiger partial charge in [-0.15, -0.1) is 11.3 Å². The van der Waals surface area contributed by atoms with Crippen LogP contribution in [0.3, 0.4) is 0 Å². The predicted octanol–water partition coefficient (Wildman–Crippen LogP) is 6.96. The van der Waals surface area contributed by atoms with Gasteiger partial charge in [0.05, 0.1) is 27.0 Å². The maximum Gasteiger partial charge on any atom is 0.151 e. The normalized spacial score (nSPS) is 11.6. The quantitative estimate of drug-likeness (QED) is 0.123. The molecule has 0 saturated carbocycles. The molecule has 5 rings (SSSR count). The molecule has 0 aliphatic carbocycles. The summed E-state index contributed by atoms with van der Waals surface area (Å²) < 4.78 is 58.1. The fourth-order valence-corrected chi connectivity index (χ4v) is 6.82.